The highest BCUT2D eigenvalue weighted by atomic mass is 16.5. The first kappa shape index (κ1) is 16.9. The monoisotopic (exact) mass is 370 g/mol. The van der Waals surface area contributed by atoms with E-state index in [2.05, 4.69) is 48.3 Å². The van der Waals surface area contributed by atoms with Crippen LogP contribution in [0.2, 0.25) is 0 Å². The highest BCUT2D eigenvalue weighted by Gasteiger charge is 2.33. The third-order valence-corrected chi connectivity index (χ3v) is 5.67. The Hall–Kier alpha value is -3.27. The molecule has 0 saturated carbocycles. The van der Waals surface area contributed by atoms with Crippen LogP contribution in [-0.4, -0.2) is 18.9 Å². The smallest absolute Gasteiger partial charge is 0.189 e. The van der Waals surface area contributed by atoms with Crippen LogP contribution in [0.25, 0.3) is 10.8 Å². The van der Waals surface area contributed by atoms with Crippen molar-refractivity contribution in [3.05, 3.63) is 77.6 Å². The molecule has 1 aliphatic heterocycles. The quantitative estimate of drug-likeness (QED) is 0.678. The molecule has 4 heteroatoms. The van der Waals surface area contributed by atoms with Crippen LogP contribution in [0.1, 0.15) is 35.8 Å². The minimum Gasteiger partial charge on any atom is -0.457 e. The summed E-state index contributed by atoms with van der Waals surface area (Å²) in [7, 11) is 0. The third kappa shape index (κ3) is 2.56. The topological polar surface area (TPSA) is 41.6 Å². The summed E-state index contributed by atoms with van der Waals surface area (Å²) < 4.78 is 6.21. The number of hydrogen-bond donors (Lipinski definition) is 1. The first-order valence-corrected chi connectivity index (χ1v) is 9.80. The van der Waals surface area contributed by atoms with Gasteiger partial charge in [0.2, 0.25) is 0 Å². The third-order valence-electron chi connectivity index (χ3n) is 5.67. The van der Waals surface area contributed by atoms with Crippen LogP contribution in [0.5, 0.6) is 5.75 Å². The number of fused-ring (bicyclic) bond motifs is 5. The number of ketones is 1. The van der Waals surface area contributed by atoms with Gasteiger partial charge in [0.25, 0.3) is 0 Å². The number of hydrogen-bond acceptors (Lipinski definition) is 4. The van der Waals surface area contributed by atoms with Gasteiger partial charge in [-0.25, -0.2) is 0 Å². The molecule has 1 unspecified atom stereocenters. The van der Waals surface area contributed by atoms with Crippen LogP contribution in [0.3, 0.4) is 0 Å². The Morgan fingerprint density at radius 3 is 2.50 bits per heavy atom. The Labute approximate surface area is 164 Å². The molecule has 3 aromatic carbocycles. The minimum atomic E-state index is -0.149. The number of anilines is 2. The van der Waals surface area contributed by atoms with Crippen LogP contribution in [-0.2, 0) is 0 Å². The average Bonchev–Trinajstić information content (AvgIpc) is 2.72. The lowest BCUT2D eigenvalue weighted by Gasteiger charge is -2.34. The van der Waals surface area contributed by atoms with Crippen molar-refractivity contribution in [1.82, 2.24) is 0 Å². The maximum Gasteiger partial charge on any atom is 0.189 e. The Morgan fingerprint density at radius 1 is 1.00 bits per heavy atom. The van der Waals surface area contributed by atoms with Gasteiger partial charge in [-0.15, -0.1) is 0 Å². The first-order valence-electron chi connectivity index (χ1n) is 9.80. The Balaban J connectivity index is 1.59. The lowest BCUT2D eigenvalue weighted by molar-refractivity contribution is 0.103. The molecule has 2 aliphatic rings. The van der Waals surface area contributed by atoms with Crippen molar-refractivity contribution in [2.45, 2.75) is 19.9 Å². The van der Waals surface area contributed by atoms with Gasteiger partial charge in [0, 0.05) is 36.5 Å². The maximum atomic E-state index is 12.8. The highest BCUT2D eigenvalue weighted by molar-refractivity contribution is 6.10. The van der Waals surface area contributed by atoms with Gasteiger partial charge in [0.15, 0.2) is 11.5 Å². The Morgan fingerprint density at radius 2 is 1.75 bits per heavy atom. The zero-order valence-electron chi connectivity index (χ0n) is 16.0. The van der Waals surface area contributed by atoms with Crippen molar-refractivity contribution in [3.63, 3.8) is 0 Å². The number of nitrogens with one attached hydrogen (secondary N) is 1. The summed E-state index contributed by atoms with van der Waals surface area (Å²) in [6, 6.07) is 18.3. The maximum absolute atomic E-state index is 12.8. The second kappa shape index (κ2) is 6.41. The zero-order valence-corrected chi connectivity index (χ0v) is 16.0. The van der Waals surface area contributed by atoms with E-state index in [1.807, 2.05) is 30.3 Å². The molecule has 0 amide bonds. The van der Waals surface area contributed by atoms with E-state index in [0.717, 1.165) is 52.1 Å². The molecule has 1 heterocycles. The summed E-state index contributed by atoms with van der Waals surface area (Å²) >= 11 is 0. The van der Waals surface area contributed by atoms with E-state index in [1.165, 1.54) is 0 Å². The van der Waals surface area contributed by atoms with E-state index in [0.29, 0.717) is 5.76 Å². The van der Waals surface area contributed by atoms with Gasteiger partial charge in [0.1, 0.15) is 11.8 Å². The molecule has 1 N–H and O–H groups in total. The van der Waals surface area contributed by atoms with Crippen LogP contribution in [0, 0.1) is 0 Å². The molecule has 0 radical (unpaired) electrons. The molecule has 0 bridgehead atoms. The molecule has 4 nitrogen and oxygen atoms in total. The van der Waals surface area contributed by atoms with E-state index in [4.69, 9.17) is 4.74 Å². The Kier molecular flexibility index (Phi) is 3.86. The van der Waals surface area contributed by atoms with E-state index < -0.39 is 0 Å². The number of ether oxygens (including phenoxy) is 1. The van der Waals surface area contributed by atoms with E-state index in [-0.39, 0.29) is 11.8 Å². The second-order valence-corrected chi connectivity index (χ2v) is 7.23. The second-order valence-electron chi connectivity index (χ2n) is 7.23. The first-order chi connectivity index (χ1) is 13.7. The molecule has 140 valence electrons. The van der Waals surface area contributed by atoms with Crippen LogP contribution in [0.15, 0.2) is 66.4 Å². The molecule has 0 fully saturated rings. The summed E-state index contributed by atoms with van der Waals surface area (Å²) in [5, 5.41) is 5.78. The summed E-state index contributed by atoms with van der Waals surface area (Å²) in [5.41, 5.74) is 3.79. The minimum absolute atomic E-state index is 0.00264. The van der Waals surface area contributed by atoms with Crippen molar-refractivity contribution in [3.8, 4) is 5.75 Å². The number of rotatable bonds is 3. The molecule has 0 aromatic heterocycles. The lowest BCUT2D eigenvalue weighted by Crippen LogP contribution is -2.28. The molecule has 0 spiro atoms. The zero-order chi connectivity index (χ0) is 19.3. The van der Waals surface area contributed by atoms with E-state index >= 15 is 0 Å². The molecule has 3 aromatic rings. The number of allylic oxidation sites excluding steroid dienone is 1. The van der Waals surface area contributed by atoms with Crippen LogP contribution in [0.4, 0.5) is 11.4 Å². The summed E-state index contributed by atoms with van der Waals surface area (Å²) in [6.07, 6.45) is 1.63. The largest absolute Gasteiger partial charge is 0.457 e. The summed E-state index contributed by atoms with van der Waals surface area (Å²) in [6.45, 7) is 6.16. The number of benzene rings is 3. The van der Waals surface area contributed by atoms with Crippen LogP contribution < -0.4 is 15.0 Å². The fraction of sp³-hybridized carbons (Fsp3) is 0.208. The van der Waals surface area contributed by atoms with Crippen molar-refractivity contribution in [2.24, 2.45) is 0 Å². The highest BCUT2D eigenvalue weighted by Crippen LogP contribution is 2.44. The number of nitrogens with zero attached hydrogens (tertiary/aromatic N) is 1. The fourth-order valence-corrected chi connectivity index (χ4v) is 4.17. The SMILES string of the molecule is CCN(CC)c1ccc2c(c1)OC1=CC(=O)c3cc4ccccc4cc3C1N2. The summed E-state index contributed by atoms with van der Waals surface area (Å²) in [5.74, 6) is 1.43. The molecular weight excluding hydrogens is 348 g/mol. The normalized spacial score (nSPS) is 17.0. The van der Waals surface area contributed by atoms with Gasteiger partial charge < -0.3 is 15.0 Å². The predicted molar refractivity (Wildman–Crippen MR) is 113 cm³/mol. The molecule has 1 atom stereocenters. The van der Waals surface area contributed by atoms with Gasteiger partial charge in [-0.2, -0.15) is 0 Å². The van der Waals surface area contributed by atoms with Gasteiger partial charge in [-0.1, -0.05) is 24.3 Å². The van der Waals surface area contributed by atoms with E-state index in [1.54, 1.807) is 6.08 Å². The van der Waals surface area contributed by atoms with Crippen molar-refractivity contribution in [2.75, 3.05) is 23.3 Å². The van der Waals surface area contributed by atoms with Gasteiger partial charge in [0.05, 0.1) is 5.69 Å². The molecular formula is C24H22N2O2. The van der Waals surface area contributed by atoms with Crippen molar-refractivity contribution < 1.29 is 9.53 Å². The molecule has 0 saturated heterocycles. The predicted octanol–water partition coefficient (Wildman–Crippen LogP) is 5.31. The van der Waals surface area contributed by atoms with Crippen LogP contribution >= 0.6 is 0 Å². The van der Waals surface area contributed by atoms with Crippen molar-refractivity contribution in [1.29, 1.82) is 0 Å². The average molecular weight is 370 g/mol. The fourth-order valence-electron chi connectivity index (χ4n) is 4.17. The van der Waals surface area contributed by atoms with Gasteiger partial charge in [-0.3, -0.25) is 4.79 Å². The van der Waals surface area contributed by atoms with Gasteiger partial charge in [-0.05, 0) is 54.4 Å². The summed E-state index contributed by atoms with van der Waals surface area (Å²) in [4.78, 5) is 15.0. The standard InChI is InChI=1S/C24H22N2O2/c1-3-26(4-2)17-9-10-20-22(13-17)28-23-14-21(27)18-11-15-7-5-6-8-16(15)12-19(18)24(23)25-20/h5-14,24-25H,3-4H2,1-2H3. The van der Waals surface area contributed by atoms with Gasteiger partial charge >= 0.3 is 0 Å². The lowest BCUT2D eigenvalue weighted by atomic mass is 9.87. The van der Waals surface area contributed by atoms with E-state index in [9.17, 15) is 4.79 Å². The number of carbonyl (C=O) groups excluding carboxylic acids is 1. The number of carbonyl (C=O) groups is 1. The van der Waals surface area contributed by atoms with Crippen molar-refractivity contribution >= 4 is 27.9 Å². The Bertz CT molecular complexity index is 1130. The molecule has 28 heavy (non-hydrogen) atoms. The molecule has 5 rings (SSSR count). The molecule has 1 aliphatic carbocycles.